The van der Waals surface area contributed by atoms with Gasteiger partial charge >= 0.3 is 0 Å². The molecule has 2 N–H and O–H groups in total. The fraction of sp³-hybridized carbons (Fsp3) is 0.571. The van der Waals surface area contributed by atoms with Crippen LogP contribution in [0, 0.1) is 5.41 Å². The number of hydrogen-bond acceptors (Lipinski definition) is 2. The summed E-state index contributed by atoms with van der Waals surface area (Å²) in [6, 6.07) is 5.75. The third kappa shape index (κ3) is 4.77. The molecular formula is C14H22Cl2N2. The zero-order valence-electron chi connectivity index (χ0n) is 11.5. The highest BCUT2D eigenvalue weighted by Gasteiger charge is 2.21. The fourth-order valence-corrected chi connectivity index (χ4v) is 2.74. The third-order valence-electron chi connectivity index (χ3n) is 2.75. The van der Waals surface area contributed by atoms with Gasteiger partial charge in [0.25, 0.3) is 0 Å². The van der Waals surface area contributed by atoms with Crippen LogP contribution >= 0.6 is 23.2 Å². The van der Waals surface area contributed by atoms with E-state index in [9.17, 15) is 0 Å². The van der Waals surface area contributed by atoms with Gasteiger partial charge in [0, 0.05) is 29.2 Å². The second kappa shape index (κ2) is 6.25. The van der Waals surface area contributed by atoms with Crippen molar-refractivity contribution in [1.82, 2.24) is 4.90 Å². The largest absolute Gasteiger partial charge is 0.329 e. The summed E-state index contributed by atoms with van der Waals surface area (Å²) in [5, 5.41) is 1.31. The molecule has 0 aliphatic heterocycles. The van der Waals surface area contributed by atoms with Crippen LogP contribution < -0.4 is 5.73 Å². The Morgan fingerprint density at radius 3 is 2.06 bits per heavy atom. The van der Waals surface area contributed by atoms with Gasteiger partial charge in [0.2, 0.25) is 0 Å². The minimum absolute atomic E-state index is 0.139. The molecule has 1 aromatic carbocycles. The Labute approximate surface area is 120 Å². The highest BCUT2D eigenvalue weighted by molar-refractivity contribution is 6.34. The molecule has 0 aliphatic carbocycles. The van der Waals surface area contributed by atoms with Crippen LogP contribution in [-0.4, -0.2) is 25.0 Å². The number of nitrogens with zero attached hydrogens (tertiary/aromatic N) is 1. The quantitative estimate of drug-likeness (QED) is 0.908. The molecule has 0 saturated carbocycles. The lowest BCUT2D eigenvalue weighted by atomic mass is 9.94. The SMILES string of the molecule is CN(CC(C)(C)C)C(CN)c1cc(Cl)cc(Cl)c1. The summed E-state index contributed by atoms with van der Waals surface area (Å²) >= 11 is 12.1. The van der Waals surface area contributed by atoms with E-state index in [1.54, 1.807) is 6.07 Å². The molecule has 0 fully saturated rings. The van der Waals surface area contributed by atoms with Crippen molar-refractivity contribution >= 4 is 23.2 Å². The molecule has 0 heterocycles. The van der Waals surface area contributed by atoms with Gasteiger partial charge in [0.1, 0.15) is 0 Å². The van der Waals surface area contributed by atoms with E-state index in [1.807, 2.05) is 12.1 Å². The number of benzene rings is 1. The van der Waals surface area contributed by atoms with Crippen molar-refractivity contribution in [3.8, 4) is 0 Å². The predicted octanol–water partition coefficient (Wildman–Crippen LogP) is 3.97. The molecule has 0 saturated heterocycles. The van der Waals surface area contributed by atoms with Gasteiger partial charge < -0.3 is 5.73 Å². The summed E-state index contributed by atoms with van der Waals surface area (Å²) < 4.78 is 0. The second-order valence-electron chi connectivity index (χ2n) is 5.93. The Balaban J connectivity index is 2.95. The number of nitrogens with two attached hydrogens (primary N) is 1. The number of hydrogen-bond donors (Lipinski definition) is 1. The molecule has 1 unspecified atom stereocenters. The van der Waals surface area contributed by atoms with Crippen molar-refractivity contribution in [1.29, 1.82) is 0 Å². The molecule has 0 radical (unpaired) electrons. The van der Waals surface area contributed by atoms with Crippen molar-refractivity contribution < 1.29 is 0 Å². The molecule has 1 rings (SSSR count). The maximum absolute atomic E-state index is 6.05. The lowest BCUT2D eigenvalue weighted by Gasteiger charge is -2.33. The van der Waals surface area contributed by atoms with Crippen molar-refractivity contribution in [2.75, 3.05) is 20.1 Å². The molecule has 0 aromatic heterocycles. The Kier molecular flexibility index (Phi) is 5.47. The summed E-state index contributed by atoms with van der Waals surface area (Å²) in [5.41, 5.74) is 7.19. The van der Waals surface area contributed by atoms with E-state index in [-0.39, 0.29) is 11.5 Å². The third-order valence-corrected chi connectivity index (χ3v) is 3.19. The molecule has 1 aromatic rings. The first kappa shape index (κ1) is 15.8. The normalized spacial score (nSPS) is 14.0. The lowest BCUT2D eigenvalue weighted by molar-refractivity contribution is 0.176. The minimum atomic E-state index is 0.139. The van der Waals surface area contributed by atoms with Crippen molar-refractivity contribution in [2.24, 2.45) is 11.1 Å². The zero-order chi connectivity index (χ0) is 13.9. The fourth-order valence-electron chi connectivity index (χ4n) is 2.20. The van der Waals surface area contributed by atoms with Crippen molar-refractivity contribution in [3.05, 3.63) is 33.8 Å². The summed E-state index contributed by atoms with van der Waals surface area (Å²) in [5.74, 6) is 0. The van der Waals surface area contributed by atoms with Gasteiger partial charge in [0.15, 0.2) is 0 Å². The molecule has 0 bridgehead atoms. The standard InChI is InChI=1S/C14H22Cl2N2/c1-14(2,3)9-18(4)13(8-17)10-5-11(15)7-12(16)6-10/h5-7,13H,8-9,17H2,1-4H3. The molecular weight excluding hydrogens is 267 g/mol. The molecule has 0 aliphatic rings. The van der Waals surface area contributed by atoms with Gasteiger partial charge in [-0.15, -0.1) is 0 Å². The van der Waals surface area contributed by atoms with Crippen LogP contribution in [0.4, 0.5) is 0 Å². The second-order valence-corrected chi connectivity index (χ2v) is 6.80. The van der Waals surface area contributed by atoms with E-state index in [0.29, 0.717) is 16.6 Å². The Morgan fingerprint density at radius 1 is 1.17 bits per heavy atom. The van der Waals surface area contributed by atoms with Gasteiger partial charge in [-0.2, -0.15) is 0 Å². The molecule has 18 heavy (non-hydrogen) atoms. The van der Waals surface area contributed by atoms with Gasteiger partial charge in [-0.1, -0.05) is 44.0 Å². The van der Waals surface area contributed by atoms with Crippen LogP contribution in [-0.2, 0) is 0 Å². The summed E-state index contributed by atoms with van der Waals surface area (Å²) in [4.78, 5) is 2.25. The minimum Gasteiger partial charge on any atom is -0.329 e. The van der Waals surface area contributed by atoms with E-state index < -0.39 is 0 Å². The van der Waals surface area contributed by atoms with Gasteiger partial charge in [0.05, 0.1) is 0 Å². The molecule has 102 valence electrons. The first-order valence-electron chi connectivity index (χ1n) is 6.09. The van der Waals surface area contributed by atoms with Gasteiger partial charge in [-0.3, -0.25) is 4.90 Å². The Bertz CT molecular complexity index is 379. The van der Waals surface area contributed by atoms with E-state index in [4.69, 9.17) is 28.9 Å². The molecule has 2 nitrogen and oxygen atoms in total. The van der Waals surface area contributed by atoms with Gasteiger partial charge in [-0.25, -0.2) is 0 Å². The Hall–Kier alpha value is -0.280. The highest BCUT2D eigenvalue weighted by atomic mass is 35.5. The summed E-state index contributed by atoms with van der Waals surface area (Å²) in [6.45, 7) is 8.13. The van der Waals surface area contributed by atoms with E-state index in [0.717, 1.165) is 12.1 Å². The number of halogens is 2. The zero-order valence-corrected chi connectivity index (χ0v) is 13.0. The van der Waals surface area contributed by atoms with Crippen LogP contribution in [0.1, 0.15) is 32.4 Å². The molecule has 0 amide bonds. The molecule has 1 atom stereocenters. The van der Waals surface area contributed by atoms with Crippen LogP contribution in [0.5, 0.6) is 0 Å². The summed E-state index contributed by atoms with van der Waals surface area (Å²) in [6.07, 6.45) is 0. The van der Waals surface area contributed by atoms with Crippen LogP contribution in [0.25, 0.3) is 0 Å². The van der Waals surface area contributed by atoms with E-state index >= 15 is 0 Å². The first-order valence-corrected chi connectivity index (χ1v) is 6.85. The topological polar surface area (TPSA) is 29.3 Å². The first-order chi connectivity index (χ1) is 8.23. The predicted molar refractivity (Wildman–Crippen MR) is 80.3 cm³/mol. The van der Waals surface area contributed by atoms with Gasteiger partial charge in [-0.05, 0) is 36.2 Å². The van der Waals surface area contributed by atoms with E-state index in [1.165, 1.54) is 0 Å². The Morgan fingerprint density at radius 2 is 1.67 bits per heavy atom. The highest BCUT2D eigenvalue weighted by Crippen LogP contribution is 2.28. The van der Waals surface area contributed by atoms with Crippen LogP contribution in [0.2, 0.25) is 10.0 Å². The maximum atomic E-state index is 6.05. The van der Waals surface area contributed by atoms with Crippen LogP contribution in [0.3, 0.4) is 0 Å². The average Bonchev–Trinajstić information content (AvgIpc) is 2.13. The smallest absolute Gasteiger partial charge is 0.0468 e. The monoisotopic (exact) mass is 288 g/mol. The maximum Gasteiger partial charge on any atom is 0.0468 e. The lowest BCUT2D eigenvalue weighted by Crippen LogP contribution is -2.36. The average molecular weight is 289 g/mol. The van der Waals surface area contributed by atoms with Crippen molar-refractivity contribution in [2.45, 2.75) is 26.8 Å². The molecule has 0 spiro atoms. The van der Waals surface area contributed by atoms with Crippen LogP contribution in [0.15, 0.2) is 18.2 Å². The summed E-state index contributed by atoms with van der Waals surface area (Å²) in [7, 11) is 2.08. The van der Waals surface area contributed by atoms with E-state index in [2.05, 4.69) is 32.7 Å². The van der Waals surface area contributed by atoms with Crippen molar-refractivity contribution in [3.63, 3.8) is 0 Å². The number of likely N-dealkylation sites (N-methyl/N-ethyl adjacent to an activating group) is 1. The molecule has 4 heteroatoms. The number of rotatable bonds is 4.